The van der Waals surface area contributed by atoms with Crippen molar-refractivity contribution >= 4 is 11.4 Å². The number of fused-ring (bicyclic) bond motifs is 1. The highest BCUT2D eigenvalue weighted by Crippen LogP contribution is 2.15. The van der Waals surface area contributed by atoms with Gasteiger partial charge in [0.15, 0.2) is 0 Å². The third-order valence-corrected chi connectivity index (χ3v) is 3.61. The van der Waals surface area contributed by atoms with Crippen molar-refractivity contribution in [3.63, 3.8) is 0 Å². The number of amides is 1. The molecule has 0 spiro atoms. The predicted octanol–water partition coefficient (Wildman–Crippen LogP) is 1.57. The number of benzene rings is 1. The SMILES string of the molecule is Cc1nn2ncccc2c1C(=O)NCc1ccc(CN)cc1F. The van der Waals surface area contributed by atoms with E-state index in [0.717, 1.165) is 0 Å². The van der Waals surface area contributed by atoms with Crippen molar-refractivity contribution < 1.29 is 9.18 Å². The summed E-state index contributed by atoms with van der Waals surface area (Å²) in [7, 11) is 0. The standard InChI is InChI=1S/C16H16FN5O/c1-10-15(14-3-2-6-20-22(14)21-10)16(23)19-9-12-5-4-11(8-18)7-13(12)17/h2-7H,8-9,18H2,1H3,(H,19,23). The van der Waals surface area contributed by atoms with E-state index < -0.39 is 0 Å². The molecule has 0 aliphatic carbocycles. The number of nitrogens with one attached hydrogen (secondary N) is 1. The molecule has 0 unspecified atom stereocenters. The predicted molar refractivity (Wildman–Crippen MR) is 83.2 cm³/mol. The third-order valence-electron chi connectivity index (χ3n) is 3.61. The molecule has 2 aromatic heterocycles. The van der Waals surface area contributed by atoms with Crippen molar-refractivity contribution in [3.8, 4) is 0 Å². The van der Waals surface area contributed by atoms with Crippen LogP contribution in [0.3, 0.4) is 0 Å². The van der Waals surface area contributed by atoms with E-state index in [1.807, 2.05) is 0 Å². The van der Waals surface area contributed by atoms with Gasteiger partial charge in [0.1, 0.15) is 11.3 Å². The van der Waals surface area contributed by atoms with E-state index in [1.54, 1.807) is 37.4 Å². The Bertz CT molecular complexity index is 874. The molecule has 23 heavy (non-hydrogen) atoms. The first-order valence-corrected chi connectivity index (χ1v) is 7.16. The summed E-state index contributed by atoms with van der Waals surface area (Å²) in [6.07, 6.45) is 1.59. The number of aromatic nitrogens is 3. The molecule has 118 valence electrons. The molecule has 0 saturated heterocycles. The van der Waals surface area contributed by atoms with Crippen LogP contribution in [0.4, 0.5) is 4.39 Å². The molecule has 0 bridgehead atoms. The lowest BCUT2D eigenvalue weighted by atomic mass is 10.1. The van der Waals surface area contributed by atoms with Gasteiger partial charge >= 0.3 is 0 Å². The van der Waals surface area contributed by atoms with Gasteiger partial charge in [-0.05, 0) is 30.7 Å². The van der Waals surface area contributed by atoms with Gasteiger partial charge in [-0.1, -0.05) is 12.1 Å². The van der Waals surface area contributed by atoms with Gasteiger partial charge < -0.3 is 11.1 Å². The van der Waals surface area contributed by atoms with E-state index in [-0.39, 0.29) is 24.8 Å². The Labute approximate surface area is 132 Å². The summed E-state index contributed by atoms with van der Waals surface area (Å²) in [4.78, 5) is 12.4. The quantitative estimate of drug-likeness (QED) is 0.765. The zero-order valence-electron chi connectivity index (χ0n) is 12.6. The molecule has 3 rings (SSSR count). The van der Waals surface area contributed by atoms with Gasteiger partial charge in [0.05, 0.1) is 11.3 Å². The first-order valence-electron chi connectivity index (χ1n) is 7.16. The van der Waals surface area contributed by atoms with Gasteiger partial charge in [-0.3, -0.25) is 4.79 Å². The summed E-state index contributed by atoms with van der Waals surface area (Å²) >= 11 is 0. The van der Waals surface area contributed by atoms with Crippen molar-refractivity contribution in [3.05, 3.63) is 64.7 Å². The van der Waals surface area contributed by atoms with Crippen LogP contribution in [0.15, 0.2) is 36.5 Å². The third kappa shape index (κ3) is 2.91. The number of hydrogen-bond donors (Lipinski definition) is 2. The van der Waals surface area contributed by atoms with Crippen LogP contribution in [0.2, 0.25) is 0 Å². The highest BCUT2D eigenvalue weighted by Gasteiger charge is 2.17. The highest BCUT2D eigenvalue weighted by molar-refractivity contribution is 6.01. The molecular formula is C16H16FN5O. The average molecular weight is 313 g/mol. The van der Waals surface area contributed by atoms with Gasteiger partial charge in [-0.25, -0.2) is 4.39 Å². The van der Waals surface area contributed by atoms with Crippen LogP contribution in [-0.2, 0) is 13.1 Å². The van der Waals surface area contributed by atoms with Crippen molar-refractivity contribution in [1.29, 1.82) is 0 Å². The second-order valence-corrected chi connectivity index (χ2v) is 5.17. The number of halogens is 1. The largest absolute Gasteiger partial charge is 0.348 e. The van der Waals surface area contributed by atoms with Gasteiger partial charge in [0.2, 0.25) is 0 Å². The number of nitrogens with two attached hydrogens (primary N) is 1. The van der Waals surface area contributed by atoms with Crippen LogP contribution >= 0.6 is 0 Å². The molecule has 1 amide bonds. The smallest absolute Gasteiger partial charge is 0.255 e. The molecule has 2 heterocycles. The fourth-order valence-corrected chi connectivity index (χ4v) is 2.41. The number of aryl methyl sites for hydroxylation is 1. The number of rotatable bonds is 4. The van der Waals surface area contributed by atoms with Crippen LogP contribution in [0.1, 0.15) is 27.2 Å². The van der Waals surface area contributed by atoms with E-state index in [9.17, 15) is 9.18 Å². The normalized spacial score (nSPS) is 10.9. The van der Waals surface area contributed by atoms with E-state index in [1.165, 1.54) is 10.7 Å². The minimum atomic E-state index is -0.383. The summed E-state index contributed by atoms with van der Waals surface area (Å²) in [6, 6.07) is 8.25. The summed E-state index contributed by atoms with van der Waals surface area (Å²) in [5.74, 6) is -0.695. The van der Waals surface area contributed by atoms with Gasteiger partial charge in [-0.15, -0.1) is 0 Å². The first kappa shape index (κ1) is 15.1. The van der Waals surface area contributed by atoms with Crippen molar-refractivity contribution in [2.75, 3.05) is 0 Å². The molecule has 0 radical (unpaired) electrons. The van der Waals surface area contributed by atoms with Crippen LogP contribution < -0.4 is 11.1 Å². The fourth-order valence-electron chi connectivity index (χ4n) is 2.41. The fraction of sp³-hybridized carbons (Fsp3) is 0.188. The molecule has 7 heteroatoms. The molecule has 0 saturated carbocycles. The van der Waals surface area contributed by atoms with Crippen LogP contribution in [0.25, 0.3) is 5.52 Å². The second-order valence-electron chi connectivity index (χ2n) is 5.17. The van der Waals surface area contributed by atoms with E-state index in [2.05, 4.69) is 15.5 Å². The molecule has 0 aliphatic heterocycles. The van der Waals surface area contributed by atoms with Gasteiger partial charge in [0.25, 0.3) is 5.91 Å². The number of nitrogens with zero attached hydrogens (tertiary/aromatic N) is 3. The Hall–Kier alpha value is -2.80. The highest BCUT2D eigenvalue weighted by atomic mass is 19.1. The maximum absolute atomic E-state index is 13.9. The minimum absolute atomic E-state index is 0.0898. The Morgan fingerprint density at radius 3 is 2.96 bits per heavy atom. The molecule has 1 aromatic carbocycles. The van der Waals surface area contributed by atoms with Crippen LogP contribution in [-0.4, -0.2) is 20.7 Å². The first-order chi connectivity index (χ1) is 11.1. The zero-order chi connectivity index (χ0) is 16.4. The Morgan fingerprint density at radius 1 is 1.39 bits per heavy atom. The maximum Gasteiger partial charge on any atom is 0.255 e. The average Bonchev–Trinajstić information content (AvgIpc) is 2.89. The lowest BCUT2D eigenvalue weighted by molar-refractivity contribution is 0.0951. The maximum atomic E-state index is 13.9. The number of carbonyl (C=O) groups excluding carboxylic acids is 1. The van der Waals surface area contributed by atoms with Gasteiger partial charge in [-0.2, -0.15) is 14.8 Å². The zero-order valence-corrected chi connectivity index (χ0v) is 12.6. The Morgan fingerprint density at radius 2 is 2.22 bits per heavy atom. The number of hydrogen-bond acceptors (Lipinski definition) is 4. The van der Waals surface area contributed by atoms with Crippen molar-refractivity contribution in [2.24, 2.45) is 5.73 Å². The van der Waals surface area contributed by atoms with Crippen molar-refractivity contribution in [2.45, 2.75) is 20.0 Å². The van der Waals surface area contributed by atoms with Crippen LogP contribution in [0, 0.1) is 12.7 Å². The lowest BCUT2D eigenvalue weighted by Crippen LogP contribution is -2.24. The van der Waals surface area contributed by atoms with Gasteiger partial charge in [0, 0.05) is 24.8 Å². The summed E-state index contributed by atoms with van der Waals surface area (Å²) in [5, 5.41) is 11.0. The lowest BCUT2D eigenvalue weighted by Gasteiger charge is -2.07. The van der Waals surface area contributed by atoms with Crippen molar-refractivity contribution in [1.82, 2.24) is 20.1 Å². The Kier molecular flexibility index (Phi) is 4.03. The van der Waals surface area contributed by atoms with E-state index in [4.69, 9.17) is 5.73 Å². The monoisotopic (exact) mass is 313 g/mol. The van der Waals surface area contributed by atoms with E-state index in [0.29, 0.717) is 27.9 Å². The summed E-state index contributed by atoms with van der Waals surface area (Å²) in [5.41, 5.74) is 8.21. The minimum Gasteiger partial charge on any atom is -0.348 e. The molecule has 6 nitrogen and oxygen atoms in total. The van der Waals surface area contributed by atoms with Crippen LogP contribution in [0.5, 0.6) is 0 Å². The summed E-state index contributed by atoms with van der Waals surface area (Å²) < 4.78 is 15.3. The molecule has 0 fully saturated rings. The molecule has 3 N–H and O–H groups in total. The summed E-state index contributed by atoms with van der Waals surface area (Å²) in [6.45, 7) is 2.10. The molecular weight excluding hydrogens is 297 g/mol. The molecule has 0 atom stereocenters. The number of carbonyl (C=O) groups is 1. The van der Waals surface area contributed by atoms with E-state index >= 15 is 0 Å². The second kappa shape index (κ2) is 6.13. The Balaban J connectivity index is 1.80. The topological polar surface area (TPSA) is 85.3 Å². The molecule has 0 aliphatic rings. The molecule has 3 aromatic rings.